The van der Waals surface area contributed by atoms with E-state index >= 15 is 0 Å². The lowest BCUT2D eigenvalue weighted by atomic mass is 10.1. The molecule has 6 nitrogen and oxygen atoms in total. The molecular formula is C18H17N3O3S. The molecule has 0 aliphatic carbocycles. The van der Waals surface area contributed by atoms with Gasteiger partial charge in [-0.25, -0.2) is 4.79 Å². The van der Waals surface area contributed by atoms with Crippen LogP contribution in [0.2, 0.25) is 0 Å². The summed E-state index contributed by atoms with van der Waals surface area (Å²) in [5.41, 5.74) is 2.47. The SMILES string of the molecule is COC(=O)c1cccc(CSc2nncn2-c2cccc(OC)c2)c1. The lowest BCUT2D eigenvalue weighted by molar-refractivity contribution is 0.0600. The van der Waals surface area contributed by atoms with Gasteiger partial charge in [-0.2, -0.15) is 0 Å². The summed E-state index contributed by atoms with van der Waals surface area (Å²) in [5, 5.41) is 8.94. The van der Waals surface area contributed by atoms with Crippen LogP contribution >= 0.6 is 11.8 Å². The molecule has 0 atom stereocenters. The minimum Gasteiger partial charge on any atom is -0.497 e. The van der Waals surface area contributed by atoms with Crippen molar-refractivity contribution < 1.29 is 14.3 Å². The second-order valence-electron chi connectivity index (χ2n) is 5.17. The third-order valence-corrected chi connectivity index (χ3v) is 4.58. The highest BCUT2D eigenvalue weighted by atomic mass is 32.2. The Balaban J connectivity index is 1.77. The molecule has 1 heterocycles. The zero-order valence-electron chi connectivity index (χ0n) is 13.9. The van der Waals surface area contributed by atoms with E-state index < -0.39 is 0 Å². The van der Waals surface area contributed by atoms with Gasteiger partial charge in [0.1, 0.15) is 12.1 Å². The monoisotopic (exact) mass is 355 g/mol. The molecule has 0 N–H and O–H groups in total. The topological polar surface area (TPSA) is 66.2 Å². The summed E-state index contributed by atoms with van der Waals surface area (Å²) in [7, 11) is 3.01. The van der Waals surface area contributed by atoms with E-state index in [2.05, 4.69) is 10.2 Å². The number of ether oxygens (including phenoxy) is 2. The molecule has 0 bridgehead atoms. The van der Waals surface area contributed by atoms with E-state index in [9.17, 15) is 4.79 Å². The summed E-state index contributed by atoms with van der Waals surface area (Å²) in [4.78, 5) is 11.6. The van der Waals surface area contributed by atoms with Crippen molar-refractivity contribution in [2.24, 2.45) is 0 Å². The maximum absolute atomic E-state index is 11.6. The minimum atomic E-state index is -0.341. The van der Waals surface area contributed by atoms with Crippen LogP contribution in [0.3, 0.4) is 0 Å². The molecule has 3 aromatic rings. The molecule has 128 valence electrons. The van der Waals surface area contributed by atoms with Gasteiger partial charge in [-0.1, -0.05) is 30.0 Å². The lowest BCUT2D eigenvalue weighted by Crippen LogP contribution is -2.01. The van der Waals surface area contributed by atoms with Crippen LogP contribution in [0, 0.1) is 0 Å². The molecule has 2 aromatic carbocycles. The van der Waals surface area contributed by atoms with Gasteiger partial charge >= 0.3 is 5.97 Å². The van der Waals surface area contributed by atoms with E-state index in [-0.39, 0.29) is 5.97 Å². The van der Waals surface area contributed by atoms with Crippen molar-refractivity contribution in [3.05, 3.63) is 66.0 Å². The number of carbonyl (C=O) groups is 1. The molecule has 1 aromatic heterocycles. The number of hydrogen-bond donors (Lipinski definition) is 0. The van der Waals surface area contributed by atoms with Crippen LogP contribution in [0.1, 0.15) is 15.9 Å². The first-order valence-corrected chi connectivity index (χ1v) is 8.54. The Kier molecular flexibility index (Phi) is 5.35. The van der Waals surface area contributed by atoms with E-state index in [0.29, 0.717) is 11.3 Å². The van der Waals surface area contributed by atoms with Crippen LogP contribution in [0.4, 0.5) is 0 Å². The highest BCUT2D eigenvalue weighted by molar-refractivity contribution is 7.98. The van der Waals surface area contributed by atoms with Gasteiger partial charge in [-0.15, -0.1) is 10.2 Å². The Hall–Kier alpha value is -2.80. The zero-order valence-corrected chi connectivity index (χ0v) is 14.7. The Morgan fingerprint density at radius 2 is 2.00 bits per heavy atom. The summed E-state index contributed by atoms with van der Waals surface area (Å²) in [6.07, 6.45) is 1.67. The van der Waals surface area contributed by atoms with Gasteiger partial charge in [0.15, 0.2) is 5.16 Å². The molecule has 0 aliphatic heterocycles. The van der Waals surface area contributed by atoms with Gasteiger partial charge in [0, 0.05) is 11.8 Å². The smallest absolute Gasteiger partial charge is 0.337 e. The lowest BCUT2D eigenvalue weighted by Gasteiger charge is -2.08. The van der Waals surface area contributed by atoms with Gasteiger partial charge in [-0.3, -0.25) is 4.57 Å². The number of thioether (sulfide) groups is 1. The van der Waals surface area contributed by atoms with E-state index in [1.165, 1.54) is 18.9 Å². The first kappa shape index (κ1) is 17.0. The number of nitrogens with zero attached hydrogens (tertiary/aromatic N) is 3. The number of esters is 1. The number of hydrogen-bond acceptors (Lipinski definition) is 6. The predicted octanol–water partition coefficient (Wildman–Crippen LogP) is 3.35. The van der Waals surface area contributed by atoms with Crippen LogP contribution in [0.25, 0.3) is 5.69 Å². The number of methoxy groups -OCH3 is 2. The number of benzene rings is 2. The van der Waals surface area contributed by atoms with Gasteiger partial charge in [0.05, 0.1) is 25.5 Å². The van der Waals surface area contributed by atoms with Gasteiger partial charge in [0.2, 0.25) is 0 Å². The summed E-state index contributed by atoms with van der Waals surface area (Å²) < 4.78 is 11.9. The molecule has 0 amide bonds. The van der Waals surface area contributed by atoms with Crippen molar-refractivity contribution in [1.29, 1.82) is 0 Å². The van der Waals surface area contributed by atoms with Crippen LogP contribution in [-0.4, -0.2) is 35.0 Å². The van der Waals surface area contributed by atoms with Crippen molar-refractivity contribution in [3.63, 3.8) is 0 Å². The molecule has 25 heavy (non-hydrogen) atoms. The summed E-state index contributed by atoms with van der Waals surface area (Å²) in [6.45, 7) is 0. The molecule has 0 saturated carbocycles. The van der Waals surface area contributed by atoms with Crippen molar-refractivity contribution in [2.45, 2.75) is 10.9 Å². The second-order valence-corrected chi connectivity index (χ2v) is 6.11. The summed E-state index contributed by atoms with van der Waals surface area (Å²) >= 11 is 1.54. The molecule has 3 rings (SSSR count). The standard InChI is InChI=1S/C18H17N3O3S/c1-23-16-8-4-7-15(10-16)21-12-19-20-18(21)25-11-13-5-3-6-14(9-13)17(22)24-2/h3-10,12H,11H2,1-2H3. The third-order valence-electron chi connectivity index (χ3n) is 3.56. The maximum Gasteiger partial charge on any atom is 0.337 e. The quantitative estimate of drug-likeness (QED) is 0.499. The van der Waals surface area contributed by atoms with Gasteiger partial charge in [0.25, 0.3) is 0 Å². The van der Waals surface area contributed by atoms with Gasteiger partial charge < -0.3 is 9.47 Å². The average molecular weight is 355 g/mol. The van der Waals surface area contributed by atoms with Crippen molar-refractivity contribution in [1.82, 2.24) is 14.8 Å². The largest absolute Gasteiger partial charge is 0.497 e. The van der Waals surface area contributed by atoms with E-state index in [0.717, 1.165) is 22.2 Å². The van der Waals surface area contributed by atoms with Crippen molar-refractivity contribution >= 4 is 17.7 Å². The minimum absolute atomic E-state index is 0.341. The van der Waals surface area contributed by atoms with Crippen molar-refractivity contribution in [2.75, 3.05) is 14.2 Å². The van der Waals surface area contributed by atoms with Crippen molar-refractivity contribution in [3.8, 4) is 11.4 Å². The molecule has 0 radical (unpaired) electrons. The molecule has 0 spiro atoms. The Morgan fingerprint density at radius 1 is 1.16 bits per heavy atom. The zero-order chi connectivity index (χ0) is 17.6. The maximum atomic E-state index is 11.6. The van der Waals surface area contributed by atoms with Crippen LogP contribution in [0.15, 0.2) is 60.0 Å². The number of carbonyl (C=O) groups excluding carboxylic acids is 1. The van der Waals surface area contributed by atoms with E-state index in [1.807, 2.05) is 47.0 Å². The molecular weight excluding hydrogens is 338 g/mol. The fourth-order valence-electron chi connectivity index (χ4n) is 2.31. The van der Waals surface area contributed by atoms with E-state index in [4.69, 9.17) is 9.47 Å². The Morgan fingerprint density at radius 3 is 2.80 bits per heavy atom. The molecule has 0 fully saturated rings. The molecule has 0 aliphatic rings. The summed E-state index contributed by atoms with van der Waals surface area (Å²) in [6, 6.07) is 15.1. The molecule has 7 heteroatoms. The second kappa shape index (κ2) is 7.85. The molecule has 0 saturated heterocycles. The first-order chi connectivity index (χ1) is 12.2. The highest BCUT2D eigenvalue weighted by Gasteiger charge is 2.10. The summed E-state index contributed by atoms with van der Waals surface area (Å²) in [5.74, 6) is 1.09. The van der Waals surface area contributed by atoms with Crippen LogP contribution in [0.5, 0.6) is 5.75 Å². The van der Waals surface area contributed by atoms with Crippen LogP contribution in [-0.2, 0) is 10.5 Å². The number of rotatable bonds is 6. The highest BCUT2D eigenvalue weighted by Crippen LogP contribution is 2.25. The first-order valence-electron chi connectivity index (χ1n) is 7.56. The normalized spacial score (nSPS) is 10.5. The van der Waals surface area contributed by atoms with E-state index in [1.54, 1.807) is 19.5 Å². The van der Waals surface area contributed by atoms with Crippen LogP contribution < -0.4 is 4.74 Å². The van der Waals surface area contributed by atoms with Gasteiger partial charge in [-0.05, 0) is 29.8 Å². The molecule has 0 unspecified atom stereocenters. The fourth-order valence-corrected chi connectivity index (χ4v) is 3.19. The third kappa shape index (κ3) is 4.00. The fraction of sp³-hybridized carbons (Fsp3) is 0.167. The average Bonchev–Trinajstić information content (AvgIpc) is 3.14. The predicted molar refractivity (Wildman–Crippen MR) is 95.3 cm³/mol. The Bertz CT molecular complexity index is 879. The number of aromatic nitrogens is 3. The Labute approximate surface area is 149 Å².